The van der Waals surface area contributed by atoms with Crippen molar-refractivity contribution in [2.75, 3.05) is 0 Å². The zero-order valence-electron chi connectivity index (χ0n) is 6.37. The molecule has 0 radical (unpaired) electrons. The predicted octanol–water partition coefficient (Wildman–Crippen LogP) is 0.489. The van der Waals surface area contributed by atoms with Gasteiger partial charge in [-0.15, -0.1) is 0 Å². The normalized spacial score (nSPS) is 13.3. The summed E-state index contributed by atoms with van der Waals surface area (Å²) in [6.07, 6.45) is 3.15. The molecule has 1 heterocycles. The molecule has 2 amide bonds. The summed E-state index contributed by atoms with van der Waals surface area (Å²) in [4.78, 5) is 29.1. The van der Waals surface area contributed by atoms with Gasteiger partial charge in [0, 0.05) is 0 Å². The van der Waals surface area contributed by atoms with Gasteiger partial charge in [-0.2, -0.15) is 0 Å². The van der Waals surface area contributed by atoms with Gasteiger partial charge < -0.3 is 19.7 Å². The van der Waals surface area contributed by atoms with E-state index in [2.05, 4.69) is 11.9 Å². The second-order valence-electron chi connectivity index (χ2n) is 1.72. The maximum Gasteiger partial charge on any atom is 2.00 e. The standard InChI is InChI=1S/C4H5NO2.C3H3O.U/c6-3-1-2-4(7)5-3;1-2-3-4;/h1-2H2,(H,5,6,7);2H,1H2;/q;-1;+2/p-1. The molecule has 12 heavy (non-hydrogen) atoms. The third-order valence-corrected chi connectivity index (χ3v) is 0.885. The van der Waals surface area contributed by atoms with Crippen molar-refractivity contribution in [1.82, 2.24) is 0 Å². The van der Waals surface area contributed by atoms with E-state index in [-0.39, 0.29) is 42.9 Å². The summed E-state index contributed by atoms with van der Waals surface area (Å²) in [6, 6.07) is 0. The second-order valence-corrected chi connectivity index (χ2v) is 1.72. The Morgan fingerprint density at radius 1 is 1.33 bits per heavy atom. The largest absolute Gasteiger partial charge is 2.00 e. The Morgan fingerprint density at radius 3 is 1.75 bits per heavy atom. The molecule has 1 aliphatic heterocycles. The summed E-state index contributed by atoms with van der Waals surface area (Å²) < 4.78 is 0. The third kappa shape index (κ3) is 7.71. The van der Waals surface area contributed by atoms with Crippen LogP contribution in [-0.4, -0.2) is 18.1 Å². The molecule has 1 aliphatic rings. The summed E-state index contributed by atoms with van der Waals surface area (Å²) in [5.41, 5.74) is 0. The SMILES string of the molecule is C=C[C-]=O.O=C1CCC(=O)[N-]1.[U+2]. The average molecular weight is 391 g/mol. The second kappa shape index (κ2) is 8.70. The number of carbonyl (C=O) groups is 2. The Balaban J connectivity index is 0. The van der Waals surface area contributed by atoms with Crippen LogP contribution in [0.5, 0.6) is 0 Å². The van der Waals surface area contributed by atoms with Crippen LogP contribution in [0.1, 0.15) is 12.8 Å². The first-order valence-electron chi connectivity index (χ1n) is 2.96. The molecule has 0 aromatic carbocycles. The molecule has 62 valence electrons. The summed E-state index contributed by atoms with van der Waals surface area (Å²) >= 11 is 0. The molecule has 0 aromatic rings. The Hall–Kier alpha value is -0.398. The molecule has 1 fully saturated rings. The van der Waals surface area contributed by atoms with E-state index >= 15 is 0 Å². The van der Waals surface area contributed by atoms with E-state index in [4.69, 9.17) is 4.79 Å². The van der Waals surface area contributed by atoms with Gasteiger partial charge in [-0.25, -0.2) is 12.7 Å². The van der Waals surface area contributed by atoms with Crippen molar-refractivity contribution in [2.45, 2.75) is 12.8 Å². The fourth-order valence-corrected chi connectivity index (χ4v) is 0.465. The van der Waals surface area contributed by atoms with E-state index in [1.807, 2.05) is 0 Å². The number of imide groups is 1. The summed E-state index contributed by atoms with van der Waals surface area (Å²) in [7, 11) is 0. The van der Waals surface area contributed by atoms with Gasteiger partial charge in [-0.3, -0.25) is 0 Å². The summed E-state index contributed by atoms with van der Waals surface area (Å²) in [6.45, 7) is 3.06. The minimum atomic E-state index is -0.273. The predicted molar refractivity (Wildman–Crippen MR) is 38.5 cm³/mol. The monoisotopic (exact) mass is 391 g/mol. The fourth-order valence-electron chi connectivity index (χ4n) is 0.465. The number of hydrogen-bond donors (Lipinski definition) is 0. The molecule has 0 spiro atoms. The molecule has 0 atom stereocenters. The van der Waals surface area contributed by atoms with Gasteiger partial charge in [0.2, 0.25) is 0 Å². The maximum absolute atomic E-state index is 10.1. The zero-order chi connectivity index (χ0) is 8.69. The smallest absolute Gasteiger partial charge is 0.596 e. The van der Waals surface area contributed by atoms with Gasteiger partial charge >= 0.3 is 31.1 Å². The Kier molecular flexibility index (Phi) is 10.3. The molecular weight excluding hydrogens is 384 g/mol. The summed E-state index contributed by atoms with van der Waals surface area (Å²) in [5, 5.41) is 3.11. The molecule has 5 heteroatoms. The van der Waals surface area contributed by atoms with Crippen LogP contribution in [-0.2, 0) is 14.4 Å². The molecular formula is C7H7NO3U. The molecule has 0 N–H and O–H groups in total. The van der Waals surface area contributed by atoms with E-state index in [1.54, 1.807) is 0 Å². The van der Waals surface area contributed by atoms with E-state index in [1.165, 1.54) is 6.29 Å². The van der Waals surface area contributed by atoms with E-state index in [0.717, 1.165) is 6.08 Å². The van der Waals surface area contributed by atoms with Crippen molar-refractivity contribution < 1.29 is 45.5 Å². The number of carbonyl (C=O) groups excluding carboxylic acids is 3. The molecule has 0 aromatic heterocycles. The van der Waals surface area contributed by atoms with Gasteiger partial charge in [-0.05, 0) is 19.1 Å². The topological polar surface area (TPSA) is 65.3 Å². The minimum Gasteiger partial charge on any atom is -0.596 e. The summed E-state index contributed by atoms with van der Waals surface area (Å²) in [5.74, 6) is -0.546. The van der Waals surface area contributed by atoms with Crippen molar-refractivity contribution in [1.29, 1.82) is 0 Å². The quantitative estimate of drug-likeness (QED) is 0.371. The number of amides is 2. The average Bonchev–Trinajstić information content (AvgIpc) is 2.35. The first kappa shape index (κ1) is 14.1. The Bertz CT molecular complexity index is 171. The van der Waals surface area contributed by atoms with Crippen LogP contribution in [0.3, 0.4) is 0 Å². The molecule has 1 saturated heterocycles. The van der Waals surface area contributed by atoms with Crippen LogP contribution < -0.4 is 0 Å². The van der Waals surface area contributed by atoms with Crippen LogP contribution in [0.25, 0.3) is 5.32 Å². The Morgan fingerprint density at radius 2 is 1.67 bits per heavy atom. The van der Waals surface area contributed by atoms with Gasteiger partial charge in [0.25, 0.3) is 0 Å². The number of nitrogens with zero attached hydrogens (tertiary/aromatic N) is 1. The van der Waals surface area contributed by atoms with Gasteiger partial charge in [0.05, 0.1) is 11.8 Å². The van der Waals surface area contributed by atoms with Crippen LogP contribution >= 0.6 is 0 Å². The molecule has 0 unspecified atom stereocenters. The number of hydrogen-bond acceptors (Lipinski definition) is 3. The van der Waals surface area contributed by atoms with Gasteiger partial charge in [-0.1, -0.05) is 0 Å². The van der Waals surface area contributed by atoms with Crippen molar-refractivity contribution in [3.63, 3.8) is 0 Å². The molecule has 4 nitrogen and oxygen atoms in total. The van der Waals surface area contributed by atoms with Gasteiger partial charge in [0.1, 0.15) is 0 Å². The van der Waals surface area contributed by atoms with Crippen molar-refractivity contribution >= 4 is 18.1 Å². The first-order valence-corrected chi connectivity index (χ1v) is 2.96. The van der Waals surface area contributed by atoms with Crippen LogP contribution in [0.15, 0.2) is 12.7 Å². The first-order chi connectivity index (χ1) is 5.20. The molecule has 0 saturated carbocycles. The molecule has 1 rings (SSSR count). The van der Waals surface area contributed by atoms with E-state index < -0.39 is 0 Å². The fraction of sp³-hybridized carbons (Fsp3) is 0.286. The number of rotatable bonds is 1. The van der Waals surface area contributed by atoms with E-state index in [0.29, 0.717) is 12.8 Å². The minimum absolute atomic E-state index is 0. The zero-order valence-corrected chi connectivity index (χ0v) is 10.5. The van der Waals surface area contributed by atoms with Crippen molar-refractivity contribution in [2.24, 2.45) is 0 Å². The Labute approximate surface area is 94.2 Å². The van der Waals surface area contributed by atoms with Crippen molar-refractivity contribution in [3.8, 4) is 0 Å². The number of allylic oxidation sites excluding steroid dienone is 1. The van der Waals surface area contributed by atoms with E-state index in [9.17, 15) is 9.59 Å². The van der Waals surface area contributed by atoms with Crippen LogP contribution in [0.4, 0.5) is 0 Å². The third-order valence-electron chi connectivity index (χ3n) is 0.885. The van der Waals surface area contributed by atoms with Crippen molar-refractivity contribution in [3.05, 3.63) is 18.0 Å². The maximum atomic E-state index is 10.1. The van der Waals surface area contributed by atoms with Crippen LogP contribution in [0, 0.1) is 31.1 Å². The van der Waals surface area contributed by atoms with Crippen LogP contribution in [0.2, 0.25) is 0 Å². The molecule has 0 bridgehead atoms. The van der Waals surface area contributed by atoms with Gasteiger partial charge in [0.15, 0.2) is 0 Å². The molecule has 0 aliphatic carbocycles.